The predicted octanol–water partition coefficient (Wildman–Crippen LogP) is 4.52. The van der Waals surface area contributed by atoms with Crippen LogP contribution in [0.25, 0.3) is 5.70 Å². The predicted molar refractivity (Wildman–Crippen MR) is 99.0 cm³/mol. The molecule has 0 aromatic heterocycles. The molecule has 25 heavy (non-hydrogen) atoms. The van der Waals surface area contributed by atoms with Gasteiger partial charge in [-0.15, -0.1) is 0 Å². The lowest BCUT2D eigenvalue weighted by molar-refractivity contribution is -0.121. The van der Waals surface area contributed by atoms with E-state index in [1.54, 1.807) is 6.08 Å². The molecule has 4 nitrogen and oxygen atoms in total. The minimum atomic E-state index is -0.679. The molecule has 0 amide bonds. The minimum absolute atomic E-state index is 0.355. The molecule has 3 rings (SSSR count). The Morgan fingerprint density at radius 3 is 2.36 bits per heavy atom. The van der Waals surface area contributed by atoms with Crippen molar-refractivity contribution in [3.63, 3.8) is 0 Å². The average Bonchev–Trinajstić information content (AvgIpc) is 3.11. The Bertz CT molecular complexity index is 825. The molecule has 2 aromatic rings. The summed E-state index contributed by atoms with van der Waals surface area (Å²) in [6, 6.07) is 12.8. The van der Waals surface area contributed by atoms with Gasteiger partial charge in [0.2, 0.25) is 0 Å². The van der Waals surface area contributed by atoms with Crippen LogP contribution >= 0.6 is 23.2 Å². The number of aliphatic hydroxyl groups is 1. The second-order valence-electron chi connectivity index (χ2n) is 5.73. The van der Waals surface area contributed by atoms with Crippen molar-refractivity contribution in [2.45, 2.75) is 18.9 Å². The van der Waals surface area contributed by atoms with Gasteiger partial charge in [-0.3, -0.25) is 4.79 Å². The Kier molecular flexibility index (Phi) is 5.63. The fourth-order valence-corrected chi connectivity index (χ4v) is 3.21. The van der Waals surface area contributed by atoms with Crippen LogP contribution in [0.15, 0.2) is 58.8 Å². The van der Waals surface area contributed by atoms with Crippen molar-refractivity contribution in [2.75, 3.05) is 6.61 Å². The molecule has 1 atom stereocenters. The van der Waals surface area contributed by atoms with Crippen molar-refractivity contribution in [1.82, 2.24) is 0 Å². The Morgan fingerprint density at radius 2 is 1.72 bits per heavy atom. The summed E-state index contributed by atoms with van der Waals surface area (Å²) in [6.45, 7) is -0.531. The Morgan fingerprint density at radius 1 is 1.04 bits per heavy atom. The van der Waals surface area contributed by atoms with Gasteiger partial charge in [0.1, 0.15) is 6.61 Å². The third kappa shape index (κ3) is 4.15. The van der Waals surface area contributed by atoms with Gasteiger partial charge in [-0.25, -0.2) is 0 Å². The lowest BCUT2D eigenvalue weighted by atomic mass is 10.0. The number of carbonyl (C=O) groups is 1. The largest absolute Gasteiger partial charge is 0.388 e. The number of carbonyl (C=O) groups excluding carboxylic acids is 1. The molecular weight excluding hydrogens is 359 g/mol. The number of nitrogens with zero attached hydrogens (tertiary/aromatic N) is 2. The first kappa shape index (κ1) is 17.8. The number of aryl methyl sites for hydroxylation is 1. The first-order chi connectivity index (χ1) is 12.1. The highest BCUT2D eigenvalue weighted by molar-refractivity contribution is 6.35. The Labute approximate surface area is 155 Å². The zero-order valence-electron chi connectivity index (χ0n) is 13.3. The van der Waals surface area contributed by atoms with E-state index in [0.29, 0.717) is 15.7 Å². The van der Waals surface area contributed by atoms with Gasteiger partial charge in [0, 0.05) is 15.6 Å². The summed E-state index contributed by atoms with van der Waals surface area (Å²) in [7, 11) is 0. The third-order valence-corrected chi connectivity index (χ3v) is 4.77. The zero-order valence-corrected chi connectivity index (χ0v) is 14.8. The summed E-state index contributed by atoms with van der Waals surface area (Å²) < 4.78 is 0. The van der Waals surface area contributed by atoms with Crippen LogP contribution in [0.1, 0.15) is 16.7 Å². The van der Waals surface area contributed by atoms with E-state index in [1.165, 1.54) is 0 Å². The molecule has 1 aliphatic rings. The number of Topliss-reactive ketones (excluding diaryl/α,β-unsaturated/α-hetero) is 1. The number of hydrogen-bond donors (Lipinski definition) is 1. The van der Waals surface area contributed by atoms with Crippen molar-refractivity contribution in [3.8, 4) is 0 Å². The van der Waals surface area contributed by atoms with Gasteiger partial charge < -0.3 is 5.11 Å². The molecule has 0 fully saturated rings. The minimum Gasteiger partial charge on any atom is -0.388 e. The molecule has 2 aromatic carbocycles. The van der Waals surface area contributed by atoms with E-state index in [2.05, 4.69) is 10.2 Å². The highest BCUT2D eigenvalue weighted by Crippen LogP contribution is 2.27. The molecule has 0 spiro atoms. The van der Waals surface area contributed by atoms with E-state index in [9.17, 15) is 4.79 Å². The zero-order chi connectivity index (χ0) is 17.8. The summed E-state index contributed by atoms with van der Waals surface area (Å²) in [6.07, 6.45) is 3.24. The summed E-state index contributed by atoms with van der Waals surface area (Å²) >= 11 is 12.4. The van der Waals surface area contributed by atoms with Crippen LogP contribution in [0, 0.1) is 0 Å². The maximum atomic E-state index is 11.5. The van der Waals surface area contributed by atoms with Crippen molar-refractivity contribution in [2.24, 2.45) is 10.2 Å². The van der Waals surface area contributed by atoms with E-state index >= 15 is 0 Å². The molecule has 0 bridgehead atoms. The van der Waals surface area contributed by atoms with Crippen LogP contribution < -0.4 is 0 Å². The van der Waals surface area contributed by atoms with Gasteiger partial charge in [0.25, 0.3) is 0 Å². The highest BCUT2D eigenvalue weighted by atomic mass is 35.5. The van der Waals surface area contributed by atoms with Crippen LogP contribution in [-0.4, -0.2) is 23.5 Å². The first-order valence-corrected chi connectivity index (χ1v) is 8.62. The van der Waals surface area contributed by atoms with Crippen molar-refractivity contribution < 1.29 is 9.90 Å². The van der Waals surface area contributed by atoms with Crippen molar-refractivity contribution in [3.05, 3.63) is 75.3 Å². The number of azo groups is 1. The monoisotopic (exact) mass is 374 g/mol. The standard InChI is InChI=1S/C19H16Cl2N2O2/c20-15-2-1-3-16(21)14(15)9-6-12-4-7-13(8-5-12)17-10-18(23-22-17)19(25)11-24/h1-5,7-8,10,18,24H,6,9,11H2. The van der Waals surface area contributed by atoms with E-state index in [1.807, 2.05) is 42.5 Å². The van der Waals surface area contributed by atoms with Gasteiger partial charge >= 0.3 is 0 Å². The highest BCUT2D eigenvalue weighted by Gasteiger charge is 2.20. The normalized spacial score (nSPS) is 16.1. The Hall–Kier alpha value is -2.01. The van der Waals surface area contributed by atoms with Gasteiger partial charge in [-0.1, -0.05) is 53.5 Å². The number of hydrogen-bond acceptors (Lipinski definition) is 4. The maximum absolute atomic E-state index is 11.5. The van der Waals surface area contributed by atoms with Gasteiger partial charge in [-0.05, 0) is 42.2 Å². The third-order valence-electron chi connectivity index (χ3n) is 4.07. The molecule has 1 heterocycles. The number of ketones is 1. The van der Waals surface area contributed by atoms with E-state index in [-0.39, 0.29) is 5.78 Å². The topological polar surface area (TPSA) is 62.0 Å². The Balaban J connectivity index is 1.67. The smallest absolute Gasteiger partial charge is 0.188 e. The summed E-state index contributed by atoms with van der Waals surface area (Å²) in [5, 5.41) is 18.1. The first-order valence-electron chi connectivity index (χ1n) is 7.87. The SMILES string of the molecule is O=C(CO)C1C=C(c2ccc(CCc3c(Cl)cccc3Cl)cc2)N=N1. The van der Waals surface area contributed by atoms with E-state index < -0.39 is 12.6 Å². The molecule has 0 radical (unpaired) electrons. The summed E-state index contributed by atoms with van der Waals surface area (Å²) in [5.41, 5.74) is 3.63. The summed E-state index contributed by atoms with van der Waals surface area (Å²) in [4.78, 5) is 11.5. The molecule has 128 valence electrons. The van der Waals surface area contributed by atoms with Crippen molar-refractivity contribution in [1.29, 1.82) is 0 Å². The number of halogens is 2. The van der Waals surface area contributed by atoms with Crippen LogP contribution in [-0.2, 0) is 17.6 Å². The van der Waals surface area contributed by atoms with Gasteiger partial charge in [0.05, 0.1) is 5.70 Å². The summed E-state index contributed by atoms with van der Waals surface area (Å²) in [5.74, 6) is -0.355. The molecule has 1 N–H and O–H groups in total. The van der Waals surface area contributed by atoms with Crippen molar-refractivity contribution >= 4 is 34.7 Å². The fraction of sp³-hybridized carbons (Fsp3) is 0.211. The van der Waals surface area contributed by atoms with Crippen LogP contribution in [0.4, 0.5) is 0 Å². The van der Waals surface area contributed by atoms with E-state index in [0.717, 1.165) is 29.5 Å². The molecule has 1 unspecified atom stereocenters. The molecule has 0 saturated carbocycles. The fourth-order valence-electron chi connectivity index (χ4n) is 2.63. The van der Waals surface area contributed by atoms with Crippen LogP contribution in [0.5, 0.6) is 0 Å². The molecule has 1 aliphatic heterocycles. The second kappa shape index (κ2) is 7.91. The van der Waals surface area contributed by atoms with Gasteiger partial charge in [0.15, 0.2) is 11.8 Å². The van der Waals surface area contributed by atoms with Crippen LogP contribution in [0.2, 0.25) is 10.0 Å². The number of benzene rings is 2. The second-order valence-corrected chi connectivity index (χ2v) is 6.55. The van der Waals surface area contributed by atoms with Crippen LogP contribution in [0.3, 0.4) is 0 Å². The maximum Gasteiger partial charge on any atom is 0.188 e. The van der Waals surface area contributed by atoms with E-state index in [4.69, 9.17) is 28.3 Å². The molecular formula is C19H16Cl2N2O2. The lowest BCUT2D eigenvalue weighted by Crippen LogP contribution is -2.17. The molecule has 0 aliphatic carbocycles. The molecule has 0 saturated heterocycles. The molecule has 6 heteroatoms. The number of rotatable bonds is 6. The average molecular weight is 375 g/mol. The number of aliphatic hydroxyl groups excluding tert-OH is 1. The quantitative estimate of drug-likeness (QED) is 0.807. The lowest BCUT2D eigenvalue weighted by Gasteiger charge is -2.07. The van der Waals surface area contributed by atoms with Gasteiger partial charge in [-0.2, -0.15) is 10.2 Å².